The van der Waals surface area contributed by atoms with Gasteiger partial charge in [-0.25, -0.2) is 15.0 Å². The van der Waals surface area contributed by atoms with Crippen LogP contribution in [0.25, 0.3) is 16.8 Å². The SMILES string of the molecule is COCC#CCN1CCC[C@H]1c1nc(-c2ccc(C(=O)Nc3ccccn3)cc2)c2c(N)nccn12. The van der Waals surface area contributed by atoms with Gasteiger partial charge in [0, 0.05) is 36.8 Å². The summed E-state index contributed by atoms with van der Waals surface area (Å²) in [7, 11) is 1.64. The number of aromatic nitrogens is 4. The Bertz CT molecular complexity index is 1420. The molecule has 0 aliphatic carbocycles. The number of anilines is 2. The lowest BCUT2D eigenvalue weighted by Gasteiger charge is -2.21. The molecule has 182 valence electrons. The Kier molecular flexibility index (Phi) is 6.89. The zero-order chi connectivity index (χ0) is 24.9. The minimum Gasteiger partial charge on any atom is -0.382 e. The van der Waals surface area contributed by atoms with Crippen LogP contribution in [0.5, 0.6) is 0 Å². The number of amides is 1. The van der Waals surface area contributed by atoms with E-state index in [0.29, 0.717) is 30.4 Å². The van der Waals surface area contributed by atoms with Gasteiger partial charge >= 0.3 is 0 Å². The number of carbonyl (C=O) groups excluding carboxylic acids is 1. The number of methoxy groups -OCH3 is 1. The fourth-order valence-corrected chi connectivity index (χ4v) is 4.52. The molecule has 1 fully saturated rings. The summed E-state index contributed by atoms with van der Waals surface area (Å²) in [5, 5.41) is 2.80. The number of nitrogens with one attached hydrogen (secondary N) is 1. The van der Waals surface area contributed by atoms with E-state index in [-0.39, 0.29) is 11.9 Å². The molecule has 0 spiro atoms. The standard InChI is InChI=1S/C27H27N7O2/c1-36-18-5-4-15-33-16-6-7-21(33)26-32-23(24-25(28)30-14-17-34(24)26)19-9-11-20(12-10-19)27(35)31-22-8-2-3-13-29-22/h2-3,8-14,17,21H,6-7,15-16,18H2,1H3,(H2,28,30)(H,29,31,35)/t21-/m0/s1. The summed E-state index contributed by atoms with van der Waals surface area (Å²) in [6.07, 6.45) is 7.29. The third-order valence-corrected chi connectivity index (χ3v) is 6.22. The number of hydrogen-bond acceptors (Lipinski definition) is 7. The first-order valence-corrected chi connectivity index (χ1v) is 11.8. The Labute approximate surface area is 209 Å². The van der Waals surface area contributed by atoms with Gasteiger partial charge in [0.15, 0.2) is 0 Å². The molecule has 4 aromatic rings. The van der Waals surface area contributed by atoms with Crippen LogP contribution in [0.3, 0.4) is 0 Å². The number of ether oxygens (including phenoxy) is 1. The number of fused-ring (bicyclic) bond motifs is 1. The Hall–Kier alpha value is -4.26. The number of carbonyl (C=O) groups is 1. The van der Waals surface area contributed by atoms with Gasteiger partial charge in [-0.05, 0) is 43.7 Å². The lowest BCUT2D eigenvalue weighted by atomic mass is 10.1. The van der Waals surface area contributed by atoms with Crippen molar-refractivity contribution in [2.24, 2.45) is 0 Å². The monoisotopic (exact) mass is 481 g/mol. The molecule has 3 N–H and O–H groups in total. The molecule has 0 unspecified atom stereocenters. The summed E-state index contributed by atoms with van der Waals surface area (Å²) in [6.45, 7) is 2.03. The van der Waals surface area contributed by atoms with E-state index in [9.17, 15) is 4.79 Å². The first kappa shape index (κ1) is 23.5. The molecule has 1 aliphatic rings. The quantitative estimate of drug-likeness (QED) is 0.406. The predicted molar refractivity (Wildman–Crippen MR) is 138 cm³/mol. The topological polar surface area (TPSA) is 111 Å². The molecule has 1 atom stereocenters. The fraction of sp³-hybridized carbons (Fsp3) is 0.259. The highest BCUT2D eigenvalue weighted by atomic mass is 16.5. The van der Waals surface area contributed by atoms with Crippen LogP contribution >= 0.6 is 0 Å². The summed E-state index contributed by atoms with van der Waals surface area (Å²) in [5.41, 5.74) is 9.21. The molecule has 1 aromatic carbocycles. The van der Waals surface area contributed by atoms with Crippen molar-refractivity contribution in [2.45, 2.75) is 18.9 Å². The molecular weight excluding hydrogens is 454 g/mol. The van der Waals surface area contributed by atoms with E-state index in [1.54, 1.807) is 43.8 Å². The van der Waals surface area contributed by atoms with Crippen LogP contribution in [-0.2, 0) is 4.74 Å². The summed E-state index contributed by atoms with van der Waals surface area (Å²) in [5.74, 6) is 7.83. The third-order valence-electron chi connectivity index (χ3n) is 6.22. The Morgan fingerprint density at radius 1 is 1.17 bits per heavy atom. The van der Waals surface area contributed by atoms with Crippen molar-refractivity contribution in [1.29, 1.82) is 0 Å². The van der Waals surface area contributed by atoms with Crippen LogP contribution in [0.4, 0.5) is 11.6 Å². The summed E-state index contributed by atoms with van der Waals surface area (Å²) in [6, 6.07) is 12.8. The molecule has 4 heterocycles. The second-order valence-electron chi connectivity index (χ2n) is 8.51. The van der Waals surface area contributed by atoms with Gasteiger partial charge in [-0.1, -0.05) is 30.0 Å². The Morgan fingerprint density at radius 2 is 2.03 bits per heavy atom. The molecule has 9 nitrogen and oxygen atoms in total. The number of nitrogens with zero attached hydrogens (tertiary/aromatic N) is 5. The lowest BCUT2D eigenvalue weighted by molar-refractivity contribution is 0.102. The van der Waals surface area contributed by atoms with E-state index in [2.05, 4.69) is 32.0 Å². The average Bonchev–Trinajstić information content (AvgIpc) is 3.52. The maximum atomic E-state index is 12.6. The van der Waals surface area contributed by atoms with Gasteiger partial charge in [0.1, 0.15) is 35.3 Å². The smallest absolute Gasteiger partial charge is 0.256 e. The molecule has 0 radical (unpaired) electrons. The van der Waals surface area contributed by atoms with Crippen molar-refractivity contribution in [3.63, 3.8) is 0 Å². The number of imidazole rings is 1. The van der Waals surface area contributed by atoms with Crippen molar-refractivity contribution in [3.8, 4) is 23.1 Å². The van der Waals surface area contributed by atoms with E-state index in [0.717, 1.165) is 42.0 Å². The van der Waals surface area contributed by atoms with Crippen LogP contribution in [0.2, 0.25) is 0 Å². The van der Waals surface area contributed by atoms with Crippen molar-refractivity contribution in [3.05, 3.63) is 72.4 Å². The van der Waals surface area contributed by atoms with Gasteiger partial charge in [0.05, 0.1) is 12.6 Å². The highest BCUT2D eigenvalue weighted by Crippen LogP contribution is 2.36. The second-order valence-corrected chi connectivity index (χ2v) is 8.51. The van der Waals surface area contributed by atoms with Crippen LogP contribution in [0.15, 0.2) is 61.1 Å². The molecular formula is C27H27N7O2. The van der Waals surface area contributed by atoms with Crippen molar-refractivity contribution < 1.29 is 9.53 Å². The molecule has 9 heteroatoms. The molecule has 0 saturated carbocycles. The number of likely N-dealkylation sites (tertiary alicyclic amines) is 1. The number of pyridine rings is 1. The Morgan fingerprint density at radius 3 is 2.81 bits per heavy atom. The van der Waals surface area contributed by atoms with Crippen LogP contribution in [-0.4, -0.2) is 57.0 Å². The maximum absolute atomic E-state index is 12.6. The zero-order valence-corrected chi connectivity index (χ0v) is 20.0. The van der Waals surface area contributed by atoms with Gasteiger partial charge in [0.25, 0.3) is 5.91 Å². The van der Waals surface area contributed by atoms with Gasteiger partial charge < -0.3 is 15.8 Å². The third kappa shape index (κ3) is 4.77. The number of benzene rings is 1. The number of nitrogens with two attached hydrogens (primary N) is 1. The highest BCUT2D eigenvalue weighted by Gasteiger charge is 2.30. The Balaban J connectivity index is 1.45. The van der Waals surface area contributed by atoms with Gasteiger partial charge in [-0.2, -0.15) is 0 Å². The normalized spacial score (nSPS) is 15.5. The molecule has 1 aliphatic heterocycles. The second kappa shape index (κ2) is 10.6. The lowest BCUT2D eigenvalue weighted by Crippen LogP contribution is -2.25. The van der Waals surface area contributed by atoms with Crippen LogP contribution < -0.4 is 11.1 Å². The van der Waals surface area contributed by atoms with Gasteiger partial charge in [-0.15, -0.1) is 0 Å². The summed E-state index contributed by atoms with van der Waals surface area (Å²) >= 11 is 0. The largest absolute Gasteiger partial charge is 0.382 e. The van der Waals surface area contributed by atoms with Crippen LogP contribution in [0.1, 0.15) is 35.1 Å². The molecule has 36 heavy (non-hydrogen) atoms. The highest BCUT2D eigenvalue weighted by molar-refractivity contribution is 6.04. The van der Waals surface area contributed by atoms with E-state index in [4.69, 9.17) is 15.5 Å². The average molecular weight is 482 g/mol. The number of hydrogen-bond donors (Lipinski definition) is 2. The number of nitrogen functional groups attached to an aromatic ring is 1. The van der Waals surface area contributed by atoms with E-state index >= 15 is 0 Å². The van der Waals surface area contributed by atoms with Crippen molar-refractivity contribution in [1.82, 2.24) is 24.3 Å². The maximum Gasteiger partial charge on any atom is 0.256 e. The molecule has 3 aromatic heterocycles. The summed E-state index contributed by atoms with van der Waals surface area (Å²) < 4.78 is 7.07. The first-order chi connectivity index (χ1) is 17.7. The molecule has 1 amide bonds. The van der Waals surface area contributed by atoms with Crippen molar-refractivity contribution >= 4 is 23.1 Å². The minimum absolute atomic E-state index is 0.119. The van der Waals surface area contributed by atoms with Gasteiger partial charge in [-0.3, -0.25) is 14.1 Å². The number of rotatable bonds is 6. The van der Waals surface area contributed by atoms with Crippen LogP contribution in [0, 0.1) is 11.8 Å². The zero-order valence-electron chi connectivity index (χ0n) is 20.0. The predicted octanol–water partition coefficient (Wildman–Crippen LogP) is 3.41. The van der Waals surface area contributed by atoms with E-state index in [1.807, 2.05) is 28.8 Å². The first-order valence-electron chi connectivity index (χ1n) is 11.8. The van der Waals surface area contributed by atoms with E-state index in [1.165, 1.54) is 0 Å². The van der Waals surface area contributed by atoms with E-state index < -0.39 is 0 Å². The molecule has 5 rings (SSSR count). The molecule has 1 saturated heterocycles. The van der Waals surface area contributed by atoms with Crippen molar-refractivity contribution in [2.75, 3.05) is 37.9 Å². The van der Waals surface area contributed by atoms with Gasteiger partial charge in [0.2, 0.25) is 0 Å². The fourth-order valence-electron chi connectivity index (χ4n) is 4.52. The minimum atomic E-state index is -0.229. The summed E-state index contributed by atoms with van der Waals surface area (Å²) in [4.78, 5) is 28.5. The molecule has 0 bridgehead atoms.